The Kier molecular flexibility index (Phi) is 6.18. The Morgan fingerprint density at radius 1 is 0.423 bits per heavy atom. The van der Waals surface area contributed by atoms with Crippen molar-refractivity contribution in [3.05, 3.63) is 170 Å². The highest BCUT2D eigenvalue weighted by Crippen LogP contribution is 2.45. The molecule has 0 bridgehead atoms. The smallest absolute Gasteiger partial charge is 0.227 e. The SMILES string of the molecule is c1ccc(-c2nc3c(ccc4oc5c(N(c6ccc(-c7cccc8ccccc78)cc6)c6ccc7oc8ccccc8c7c6)cccc5c43)o2)cc1. The first kappa shape index (κ1) is 28.7. The molecule has 5 nitrogen and oxygen atoms in total. The molecule has 0 atom stereocenters. The first-order valence-electron chi connectivity index (χ1n) is 17.4. The molecule has 244 valence electrons. The van der Waals surface area contributed by atoms with Crippen LogP contribution in [0.5, 0.6) is 0 Å². The summed E-state index contributed by atoms with van der Waals surface area (Å²) >= 11 is 0. The van der Waals surface area contributed by atoms with Crippen LogP contribution in [0, 0.1) is 0 Å². The van der Waals surface area contributed by atoms with Crippen molar-refractivity contribution in [3.63, 3.8) is 0 Å². The molecule has 5 heteroatoms. The highest BCUT2D eigenvalue weighted by Gasteiger charge is 2.23. The van der Waals surface area contributed by atoms with Gasteiger partial charge in [-0.05, 0) is 88.6 Å². The van der Waals surface area contributed by atoms with E-state index in [-0.39, 0.29) is 0 Å². The summed E-state index contributed by atoms with van der Waals surface area (Å²) in [6.45, 7) is 0. The minimum atomic E-state index is 0.585. The minimum absolute atomic E-state index is 0.585. The predicted molar refractivity (Wildman–Crippen MR) is 212 cm³/mol. The van der Waals surface area contributed by atoms with Crippen LogP contribution in [0.15, 0.2) is 183 Å². The van der Waals surface area contributed by atoms with E-state index in [0.717, 1.165) is 83.2 Å². The van der Waals surface area contributed by atoms with Gasteiger partial charge in [0.05, 0.1) is 11.1 Å². The Morgan fingerprint density at radius 2 is 1.12 bits per heavy atom. The number of aromatic nitrogens is 1. The van der Waals surface area contributed by atoms with Gasteiger partial charge in [0, 0.05) is 33.1 Å². The van der Waals surface area contributed by atoms with Gasteiger partial charge in [-0.3, -0.25) is 0 Å². The molecule has 0 saturated heterocycles. The number of furan rings is 2. The number of anilines is 3. The van der Waals surface area contributed by atoms with Crippen molar-refractivity contribution in [3.8, 4) is 22.6 Å². The van der Waals surface area contributed by atoms with E-state index in [0.29, 0.717) is 5.89 Å². The normalized spacial score (nSPS) is 11.8. The molecule has 0 fully saturated rings. The Morgan fingerprint density at radius 3 is 2.02 bits per heavy atom. The molecular formula is C47H28N2O3. The van der Waals surface area contributed by atoms with Crippen molar-refractivity contribution in [2.24, 2.45) is 0 Å². The number of nitrogens with zero attached hydrogens (tertiary/aromatic N) is 2. The van der Waals surface area contributed by atoms with Gasteiger partial charge in [0.2, 0.25) is 5.89 Å². The Balaban J connectivity index is 1.13. The van der Waals surface area contributed by atoms with E-state index in [1.54, 1.807) is 0 Å². The summed E-state index contributed by atoms with van der Waals surface area (Å²) in [6.07, 6.45) is 0. The monoisotopic (exact) mass is 668 g/mol. The summed E-state index contributed by atoms with van der Waals surface area (Å²) in [5, 5.41) is 6.49. The molecule has 0 N–H and O–H groups in total. The van der Waals surface area contributed by atoms with Gasteiger partial charge >= 0.3 is 0 Å². The third-order valence-corrected chi connectivity index (χ3v) is 10.1. The van der Waals surface area contributed by atoms with Crippen LogP contribution in [0.3, 0.4) is 0 Å². The van der Waals surface area contributed by atoms with Gasteiger partial charge in [0.15, 0.2) is 11.2 Å². The molecule has 3 aromatic heterocycles. The lowest BCUT2D eigenvalue weighted by atomic mass is 9.98. The first-order chi connectivity index (χ1) is 25.8. The number of fused-ring (bicyclic) bond motifs is 9. The summed E-state index contributed by atoms with van der Waals surface area (Å²) in [6, 6.07) is 58.6. The highest BCUT2D eigenvalue weighted by atomic mass is 16.4. The first-order valence-corrected chi connectivity index (χ1v) is 17.4. The van der Waals surface area contributed by atoms with Gasteiger partial charge in [0.25, 0.3) is 0 Å². The number of oxazole rings is 1. The van der Waals surface area contributed by atoms with Crippen LogP contribution in [-0.4, -0.2) is 4.98 Å². The quantitative estimate of drug-likeness (QED) is 0.183. The molecule has 3 heterocycles. The second-order valence-corrected chi connectivity index (χ2v) is 13.1. The van der Waals surface area contributed by atoms with Crippen LogP contribution in [0.25, 0.3) is 88.3 Å². The summed E-state index contributed by atoms with van der Waals surface area (Å²) in [4.78, 5) is 7.26. The Bertz CT molecular complexity index is 3130. The fraction of sp³-hybridized carbons (Fsp3) is 0. The van der Waals surface area contributed by atoms with Crippen molar-refractivity contribution in [1.82, 2.24) is 4.98 Å². The van der Waals surface area contributed by atoms with Crippen molar-refractivity contribution >= 4 is 82.8 Å². The molecule has 52 heavy (non-hydrogen) atoms. The van der Waals surface area contributed by atoms with Crippen LogP contribution in [0.2, 0.25) is 0 Å². The van der Waals surface area contributed by atoms with E-state index in [2.05, 4.69) is 120 Å². The lowest BCUT2D eigenvalue weighted by molar-refractivity contribution is 0.619. The molecule has 0 spiro atoms. The Labute approximate surface area is 297 Å². The second-order valence-electron chi connectivity index (χ2n) is 13.1. The lowest BCUT2D eigenvalue weighted by Crippen LogP contribution is -2.10. The van der Waals surface area contributed by atoms with Crippen LogP contribution in [-0.2, 0) is 0 Å². The highest BCUT2D eigenvalue weighted by molar-refractivity contribution is 6.19. The van der Waals surface area contributed by atoms with Crippen molar-refractivity contribution in [2.45, 2.75) is 0 Å². The molecule has 0 saturated carbocycles. The average Bonchev–Trinajstić information content (AvgIpc) is 3.92. The van der Waals surface area contributed by atoms with Crippen molar-refractivity contribution in [1.29, 1.82) is 0 Å². The minimum Gasteiger partial charge on any atom is -0.456 e. The molecule has 0 aliphatic rings. The van der Waals surface area contributed by atoms with Crippen LogP contribution in [0.4, 0.5) is 17.1 Å². The molecule has 0 aliphatic heterocycles. The summed E-state index contributed by atoms with van der Waals surface area (Å²) < 4.78 is 19.3. The largest absolute Gasteiger partial charge is 0.456 e. The number of hydrogen-bond donors (Lipinski definition) is 0. The maximum absolute atomic E-state index is 6.77. The predicted octanol–water partition coefficient (Wildman–Crippen LogP) is 13.6. The van der Waals surface area contributed by atoms with E-state index < -0.39 is 0 Å². The molecule has 11 aromatic rings. The molecule has 0 unspecified atom stereocenters. The standard InChI is InChI=1S/C47H28N2O3/c1-2-11-31(12-3-1)47-48-45-43(52-47)27-26-42-44(45)37-17-9-18-39(46(37)51-42)49(33-24-25-41-38(28-33)36-15-6-7-19-40(36)50-41)32-22-20-30(21-23-32)35-16-8-13-29-10-4-5-14-34(29)35/h1-28H. The van der Waals surface area contributed by atoms with E-state index >= 15 is 0 Å². The third-order valence-electron chi connectivity index (χ3n) is 10.1. The molecule has 0 aliphatic carbocycles. The summed E-state index contributed by atoms with van der Waals surface area (Å²) in [7, 11) is 0. The Hall–Kier alpha value is -7.11. The lowest BCUT2D eigenvalue weighted by Gasteiger charge is -2.26. The van der Waals surface area contributed by atoms with Gasteiger partial charge in [-0.2, -0.15) is 0 Å². The van der Waals surface area contributed by atoms with Crippen LogP contribution in [0.1, 0.15) is 0 Å². The van der Waals surface area contributed by atoms with E-state index in [4.69, 9.17) is 18.2 Å². The fourth-order valence-corrected chi connectivity index (χ4v) is 7.69. The molecule has 11 rings (SSSR count). The van der Waals surface area contributed by atoms with Crippen molar-refractivity contribution in [2.75, 3.05) is 4.90 Å². The number of benzene rings is 8. The van der Waals surface area contributed by atoms with E-state index in [9.17, 15) is 0 Å². The second kappa shape index (κ2) is 11.2. The van der Waals surface area contributed by atoms with E-state index in [1.807, 2.05) is 54.6 Å². The van der Waals surface area contributed by atoms with Crippen LogP contribution < -0.4 is 4.90 Å². The maximum Gasteiger partial charge on any atom is 0.227 e. The summed E-state index contributed by atoms with van der Waals surface area (Å²) in [5.41, 5.74) is 10.9. The number of rotatable bonds is 5. The van der Waals surface area contributed by atoms with Crippen molar-refractivity contribution < 1.29 is 13.3 Å². The van der Waals surface area contributed by atoms with Gasteiger partial charge in [-0.25, -0.2) is 4.98 Å². The molecular weight excluding hydrogens is 641 g/mol. The number of hydrogen-bond acceptors (Lipinski definition) is 5. The van der Waals surface area contributed by atoms with Gasteiger partial charge in [-0.15, -0.1) is 0 Å². The molecule has 0 amide bonds. The van der Waals surface area contributed by atoms with E-state index in [1.165, 1.54) is 16.3 Å². The average molecular weight is 669 g/mol. The summed E-state index contributed by atoms with van der Waals surface area (Å²) in [5.74, 6) is 0.585. The van der Waals surface area contributed by atoms with Gasteiger partial charge < -0.3 is 18.2 Å². The zero-order chi connectivity index (χ0) is 34.2. The fourth-order valence-electron chi connectivity index (χ4n) is 7.69. The topological polar surface area (TPSA) is 55.6 Å². The van der Waals surface area contributed by atoms with Crippen LogP contribution >= 0.6 is 0 Å². The van der Waals surface area contributed by atoms with Gasteiger partial charge in [0.1, 0.15) is 22.3 Å². The zero-order valence-corrected chi connectivity index (χ0v) is 27.8. The third kappa shape index (κ3) is 4.39. The molecule has 0 radical (unpaired) electrons. The number of para-hydroxylation sites is 2. The van der Waals surface area contributed by atoms with Gasteiger partial charge in [-0.1, -0.05) is 103 Å². The molecule has 8 aromatic carbocycles. The zero-order valence-electron chi connectivity index (χ0n) is 27.8. The maximum atomic E-state index is 6.77.